The van der Waals surface area contributed by atoms with E-state index in [0.29, 0.717) is 6.54 Å². The second kappa shape index (κ2) is 6.84. The van der Waals surface area contributed by atoms with Crippen molar-refractivity contribution in [1.82, 2.24) is 9.80 Å². The molecule has 0 unspecified atom stereocenters. The number of hydrogen-bond donors (Lipinski definition) is 0. The summed E-state index contributed by atoms with van der Waals surface area (Å²) in [6.07, 6.45) is 5.45. The third-order valence-corrected chi connectivity index (χ3v) is 6.40. The van der Waals surface area contributed by atoms with Gasteiger partial charge in [0, 0.05) is 17.8 Å². The normalized spacial score (nSPS) is 28.4. The number of likely N-dealkylation sites (tertiary alicyclic amines) is 2. The second-order valence-electron chi connectivity index (χ2n) is 8.71. The van der Waals surface area contributed by atoms with Crippen LogP contribution in [0.5, 0.6) is 0 Å². The number of hydrogen-bond acceptors (Lipinski definition) is 3. The number of amides is 1. The maximum atomic E-state index is 13.8. The van der Waals surface area contributed by atoms with Crippen molar-refractivity contribution in [3.05, 3.63) is 30.1 Å². The van der Waals surface area contributed by atoms with Gasteiger partial charge in [0.25, 0.3) is 0 Å². The molecule has 0 aliphatic carbocycles. The Morgan fingerprint density at radius 3 is 2.65 bits per heavy atom. The lowest BCUT2D eigenvalue weighted by atomic mass is 9.94. The van der Waals surface area contributed by atoms with Crippen molar-refractivity contribution in [2.45, 2.75) is 63.6 Å². The molecule has 26 heavy (non-hydrogen) atoms. The summed E-state index contributed by atoms with van der Waals surface area (Å²) in [5.74, 6) is 0.0815. The van der Waals surface area contributed by atoms with Crippen LogP contribution in [0.1, 0.15) is 46.0 Å². The summed E-state index contributed by atoms with van der Waals surface area (Å²) in [5.41, 5.74) is 0.857. The summed E-state index contributed by atoms with van der Waals surface area (Å²) in [4.78, 5) is 19.8. The van der Waals surface area contributed by atoms with Gasteiger partial charge in [-0.1, -0.05) is 6.07 Å². The minimum absolute atomic E-state index is 0.0837. The largest absolute Gasteiger partial charge is 0.361 e. The van der Waals surface area contributed by atoms with Crippen molar-refractivity contribution in [3.63, 3.8) is 0 Å². The molecule has 142 valence electrons. The highest BCUT2D eigenvalue weighted by Crippen LogP contribution is 2.43. The van der Waals surface area contributed by atoms with Crippen molar-refractivity contribution in [1.29, 1.82) is 0 Å². The highest BCUT2D eigenvalue weighted by atomic mass is 19.1. The van der Waals surface area contributed by atoms with E-state index < -0.39 is 0 Å². The van der Waals surface area contributed by atoms with Crippen molar-refractivity contribution in [2.24, 2.45) is 0 Å². The molecule has 4 rings (SSSR count). The maximum absolute atomic E-state index is 13.8. The molecule has 0 bridgehead atoms. The number of carbonyl (C=O) groups is 1. The zero-order chi connectivity index (χ0) is 18.3. The van der Waals surface area contributed by atoms with Crippen LogP contribution in [0.25, 0.3) is 0 Å². The van der Waals surface area contributed by atoms with Crippen LogP contribution in [0.2, 0.25) is 0 Å². The topological polar surface area (TPSA) is 26.8 Å². The quantitative estimate of drug-likeness (QED) is 0.829. The van der Waals surface area contributed by atoms with Crippen LogP contribution in [0.15, 0.2) is 24.3 Å². The predicted molar refractivity (Wildman–Crippen MR) is 102 cm³/mol. The lowest BCUT2D eigenvalue weighted by Gasteiger charge is -2.42. The molecular weight excluding hydrogens is 329 g/mol. The van der Waals surface area contributed by atoms with Crippen molar-refractivity contribution in [2.75, 3.05) is 31.1 Å². The van der Waals surface area contributed by atoms with Crippen molar-refractivity contribution < 1.29 is 9.18 Å². The summed E-state index contributed by atoms with van der Waals surface area (Å²) >= 11 is 0. The number of fused-ring (bicyclic) bond motifs is 1. The van der Waals surface area contributed by atoms with Crippen LogP contribution in [0.4, 0.5) is 10.1 Å². The Kier molecular flexibility index (Phi) is 4.68. The molecular formula is C21H30FN3O. The minimum Gasteiger partial charge on any atom is -0.361 e. The summed E-state index contributed by atoms with van der Waals surface area (Å²) < 4.78 is 13.8. The summed E-state index contributed by atoms with van der Waals surface area (Å²) in [6.45, 7) is 7.96. The molecule has 0 radical (unpaired) electrons. The molecule has 1 amide bonds. The fourth-order valence-electron chi connectivity index (χ4n) is 5.34. The first-order chi connectivity index (χ1) is 12.5. The molecule has 1 aromatic rings. The third kappa shape index (κ3) is 3.22. The lowest BCUT2D eigenvalue weighted by molar-refractivity contribution is -0.135. The van der Waals surface area contributed by atoms with E-state index in [1.165, 1.54) is 18.9 Å². The Morgan fingerprint density at radius 1 is 1.15 bits per heavy atom. The lowest BCUT2D eigenvalue weighted by Crippen LogP contribution is -2.54. The van der Waals surface area contributed by atoms with Gasteiger partial charge in [-0.2, -0.15) is 0 Å². The fourth-order valence-corrected chi connectivity index (χ4v) is 5.34. The van der Waals surface area contributed by atoms with Gasteiger partial charge in [0.05, 0.1) is 18.6 Å². The molecule has 3 aliphatic rings. The molecule has 1 aromatic carbocycles. The van der Waals surface area contributed by atoms with Crippen LogP contribution in [0, 0.1) is 5.82 Å². The molecule has 0 aromatic heterocycles. The first-order valence-corrected chi connectivity index (χ1v) is 10.0. The highest BCUT2D eigenvalue weighted by Gasteiger charge is 2.50. The van der Waals surface area contributed by atoms with E-state index in [2.05, 4.69) is 28.5 Å². The molecule has 0 N–H and O–H groups in total. The zero-order valence-corrected chi connectivity index (χ0v) is 16.0. The van der Waals surface area contributed by atoms with Gasteiger partial charge < -0.3 is 9.80 Å². The number of piperidine rings is 1. The van der Waals surface area contributed by atoms with Crippen LogP contribution in [0.3, 0.4) is 0 Å². The molecule has 0 saturated carbocycles. The first-order valence-electron chi connectivity index (χ1n) is 10.0. The van der Waals surface area contributed by atoms with Gasteiger partial charge >= 0.3 is 0 Å². The summed E-state index contributed by atoms with van der Waals surface area (Å²) in [7, 11) is 0. The van der Waals surface area contributed by atoms with Crippen LogP contribution in [-0.4, -0.2) is 59.5 Å². The summed E-state index contributed by atoms with van der Waals surface area (Å²) in [6, 6.07) is 7.43. The Balaban J connectivity index is 1.56. The number of nitrogens with zero attached hydrogens (tertiary/aromatic N) is 3. The molecule has 5 heteroatoms. The minimum atomic E-state index is -0.195. The second-order valence-corrected chi connectivity index (χ2v) is 8.71. The smallest absolute Gasteiger partial charge is 0.237 e. The molecule has 3 saturated heterocycles. The SMILES string of the molecule is CC1(C)C[C@H]2[C@H](CCCN2C(=O)CN2CCCC2)N1c1cccc(F)c1. The standard InChI is InChI=1S/C21H30FN3O/c1-21(2)14-19-18(25(21)17-8-5-7-16(22)13-17)9-6-12-24(19)20(26)15-23-10-3-4-11-23/h5,7-8,13,18-19H,3-4,6,9-12,14-15H2,1-2H3/t18-,19-/m0/s1. The number of carbonyl (C=O) groups excluding carboxylic acids is 1. The van der Waals surface area contributed by atoms with Gasteiger partial charge in [0.1, 0.15) is 5.82 Å². The van der Waals surface area contributed by atoms with E-state index in [1.807, 2.05) is 6.07 Å². The van der Waals surface area contributed by atoms with Gasteiger partial charge in [-0.15, -0.1) is 0 Å². The van der Waals surface area contributed by atoms with E-state index in [1.54, 1.807) is 12.1 Å². The molecule has 3 fully saturated rings. The van der Waals surface area contributed by atoms with Gasteiger partial charge in [0.15, 0.2) is 0 Å². The number of anilines is 1. The third-order valence-electron chi connectivity index (χ3n) is 6.40. The van der Waals surface area contributed by atoms with Crippen LogP contribution in [-0.2, 0) is 4.79 Å². The van der Waals surface area contributed by atoms with E-state index in [4.69, 9.17) is 0 Å². The number of benzene rings is 1. The number of halogens is 1. The van der Waals surface area contributed by atoms with E-state index >= 15 is 0 Å². The van der Waals surface area contributed by atoms with Crippen molar-refractivity contribution >= 4 is 11.6 Å². The Bertz CT molecular complexity index is 671. The van der Waals surface area contributed by atoms with Crippen LogP contribution < -0.4 is 4.90 Å². The first kappa shape index (κ1) is 17.8. The average Bonchev–Trinajstić information content (AvgIpc) is 3.18. The molecule has 4 nitrogen and oxygen atoms in total. The molecule has 0 spiro atoms. The van der Waals surface area contributed by atoms with Crippen molar-refractivity contribution in [3.8, 4) is 0 Å². The zero-order valence-electron chi connectivity index (χ0n) is 16.0. The Morgan fingerprint density at radius 2 is 1.92 bits per heavy atom. The number of rotatable bonds is 3. The predicted octanol–water partition coefficient (Wildman–Crippen LogP) is 3.27. The Hall–Kier alpha value is -1.62. The highest BCUT2D eigenvalue weighted by molar-refractivity contribution is 5.79. The summed E-state index contributed by atoms with van der Waals surface area (Å²) in [5, 5.41) is 0. The monoisotopic (exact) mass is 359 g/mol. The molecule has 3 aliphatic heterocycles. The van der Waals surface area contributed by atoms with E-state index in [-0.39, 0.29) is 29.3 Å². The van der Waals surface area contributed by atoms with Crippen LogP contribution >= 0.6 is 0 Å². The van der Waals surface area contributed by atoms with Gasteiger partial charge in [-0.05, 0) is 77.2 Å². The maximum Gasteiger partial charge on any atom is 0.237 e. The molecule has 3 heterocycles. The van der Waals surface area contributed by atoms with Gasteiger partial charge in [0.2, 0.25) is 5.91 Å². The van der Waals surface area contributed by atoms with E-state index in [9.17, 15) is 9.18 Å². The van der Waals surface area contributed by atoms with Gasteiger partial charge in [-0.3, -0.25) is 9.69 Å². The average molecular weight is 359 g/mol. The Labute approximate surface area is 155 Å². The van der Waals surface area contributed by atoms with E-state index in [0.717, 1.165) is 44.6 Å². The molecule has 2 atom stereocenters. The van der Waals surface area contributed by atoms with Gasteiger partial charge in [-0.25, -0.2) is 4.39 Å². The fraction of sp³-hybridized carbons (Fsp3) is 0.667.